The Balaban J connectivity index is 2.46. The Labute approximate surface area is 118 Å². The summed E-state index contributed by atoms with van der Waals surface area (Å²) in [5.41, 5.74) is -1.70. The molecule has 0 aromatic rings. The van der Waals surface area contributed by atoms with E-state index < -0.39 is 28.9 Å². The van der Waals surface area contributed by atoms with Gasteiger partial charge in [-0.05, 0) is 33.6 Å². The van der Waals surface area contributed by atoms with Gasteiger partial charge in [0.05, 0.1) is 17.6 Å². The molecule has 0 saturated carbocycles. The van der Waals surface area contributed by atoms with Crippen LogP contribution in [0.15, 0.2) is 0 Å². The fraction of sp³-hybridized carbons (Fsp3) is 0.769. The van der Waals surface area contributed by atoms with E-state index in [0.717, 1.165) is 12.8 Å². The summed E-state index contributed by atoms with van der Waals surface area (Å²) >= 11 is 0. The van der Waals surface area contributed by atoms with E-state index in [9.17, 15) is 14.4 Å². The van der Waals surface area contributed by atoms with Crippen LogP contribution in [0.25, 0.3) is 0 Å². The van der Waals surface area contributed by atoms with Crippen LogP contribution >= 0.6 is 0 Å². The van der Waals surface area contributed by atoms with Gasteiger partial charge in [0.25, 0.3) is 0 Å². The van der Waals surface area contributed by atoms with Crippen LogP contribution in [-0.2, 0) is 14.3 Å². The van der Waals surface area contributed by atoms with Crippen LogP contribution in [0.4, 0.5) is 4.79 Å². The van der Waals surface area contributed by atoms with Gasteiger partial charge in [0.1, 0.15) is 0 Å². The lowest BCUT2D eigenvalue weighted by molar-refractivity contribution is -0.149. The third-order valence-corrected chi connectivity index (χ3v) is 3.29. The smallest absolute Gasteiger partial charge is 0.321 e. The molecule has 1 unspecified atom stereocenters. The Morgan fingerprint density at radius 1 is 1.35 bits per heavy atom. The highest BCUT2D eigenvalue weighted by Crippen LogP contribution is 2.20. The zero-order valence-electron chi connectivity index (χ0n) is 12.1. The minimum atomic E-state index is -1.21. The van der Waals surface area contributed by atoms with Crippen molar-refractivity contribution in [2.24, 2.45) is 5.41 Å². The first-order chi connectivity index (χ1) is 9.15. The van der Waals surface area contributed by atoms with Crippen LogP contribution in [0.3, 0.4) is 0 Å². The monoisotopic (exact) mass is 286 g/mol. The molecule has 7 heteroatoms. The molecule has 0 spiro atoms. The third-order valence-electron chi connectivity index (χ3n) is 3.29. The first-order valence-corrected chi connectivity index (χ1v) is 6.58. The Morgan fingerprint density at radius 3 is 2.50 bits per heavy atom. The maximum absolute atomic E-state index is 11.7. The number of nitrogens with one attached hydrogen (secondary N) is 2. The van der Waals surface area contributed by atoms with E-state index in [2.05, 4.69) is 10.6 Å². The van der Waals surface area contributed by atoms with E-state index in [0.29, 0.717) is 13.2 Å². The minimum absolute atomic E-state index is 0.261. The summed E-state index contributed by atoms with van der Waals surface area (Å²) in [6, 6.07) is -0.621. The number of hydrogen-bond acceptors (Lipinski definition) is 4. The molecule has 1 fully saturated rings. The summed E-state index contributed by atoms with van der Waals surface area (Å²) in [6.07, 6.45) is 1.36. The molecular formula is C13H22N2O5. The lowest BCUT2D eigenvalue weighted by Gasteiger charge is -2.34. The number of hydrogen-bond donors (Lipinski definition) is 3. The van der Waals surface area contributed by atoms with Gasteiger partial charge >= 0.3 is 12.0 Å². The average Bonchev–Trinajstić information content (AvgIpc) is 2.27. The quantitative estimate of drug-likeness (QED) is 0.711. The molecule has 1 saturated heterocycles. The second kappa shape index (κ2) is 6.21. The van der Waals surface area contributed by atoms with E-state index in [4.69, 9.17) is 9.84 Å². The number of imide groups is 1. The Kier molecular flexibility index (Phi) is 5.10. The van der Waals surface area contributed by atoms with Crippen LogP contribution in [0.2, 0.25) is 0 Å². The summed E-state index contributed by atoms with van der Waals surface area (Å²) in [5.74, 6) is -1.70. The zero-order chi connectivity index (χ0) is 15.4. The number of carboxylic acids is 1. The van der Waals surface area contributed by atoms with Crippen molar-refractivity contribution >= 4 is 17.9 Å². The predicted molar refractivity (Wildman–Crippen MR) is 71.2 cm³/mol. The predicted octanol–water partition coefficient (Wildman–Crippen LogP) is 0.882. The summed E-state index contributed by atoms with van der Waals surface area (Å²) in [7, 11) is 0. The second-order valence-corrected chi connectivity index (χ2v) is 6.08. The fourth-order valence-electron chi connectivity index (χ4n) is 1.99. The lowest BCUT2D eigenvalue weighted by atomic mass is 9.89. The molecular weight excluding hydrogens is 264 g/mol. The van der Waals surface area contributed by atoms with Crippen LogP contribution in [0.1, 0.15) is 40.0 Å². The lowest BCUT2D eigenvalue weighted by Crippen LogP contribution is -2.55. The largest absolute Gasteiger partial charge is 0.481 e. The Bertz CT molecular complexity index is 400. The van der Waals surface area contributed by atoms with Gasteiger partial charge in [0.2, 0.25) is 5.91 Å². The number of aliphatic carboxylic acids is 1. The summed E-state index contributed by atoms with van der Waals surface area (Å²) in [6.45, 7) is 5.78. The van der Waals surface area contributed by atoms with Gasteiger partial charge < -0.3 is 15.2 Å². The molecule has 0 bridgehead atoms. The molecule has 1 rings (SSSR count). The molecule has 1 atom stereocenters. The Morgan fingerprint density at radius 2 is 2.00 bits per heavy atom. The number of rotatable bonds is 4. The molecule has 1 heterocycles. The van der Waals surface area contributed by atoms with Gasteiger partial charge in [-0.25, -0.2) is 4.79 Å². The topological polar surface area (TPSA) is 105 Å². The highest BCUT2D eigenvalue weighted by atomic mass is 16.5. The first kappa shape index (κ1) is 16.4. The van der Waals surface area contributed by atoms with Crippen LogP contribution in [0.5, 0.6) is 0 Å². The third kappa shape index (κ3) is 4.80. The summed E-state index contributed by atoms with van der Waals surface area (Å²) in [5, 5.41) is 13.8. The van der Waals surface area contributed by atoms with Crippen molar-refractivity contribution in [2.75, 3.05) is 13.2 Å². The highest BCUT2D eigenvalue weighted by Gasteiger charge is 2.32. The fourth-order valence-corrected chi connectivity index (χ4v) is 1.99. The van der Waals surface area contributed by atoms with Crippen molar-refractivity contribution in [3.05, 3.63) is 0 Å². The average molecular weight is 286 g/mol. The van der Waals surface area contributed by atoms with E-state index in [1.165, 1.54) is 13.8 Å². The number of amides is 3. The van der Waals surface area contributed by atoms with Crippen molar-refractivity contribution in [2.45, 2.75) is 45.6 Å². The molecule has 3 N–H and O–H groups in total. The van der Waals surface area contributed by atoms with Crippen molar-refractivity contribution in [1.29, 1.82) is 0 Å². The molecule has 0 aliphatic carbocycles. The van der Waals surface area contributed by atoms with Gasteiger partial charge in [-0.2, -0.15) is 0 Å². The van der Waals surface area contributed by atoms with Gasteiger partial charge in [-0.3, -0.25) is 14.9 Å². The molecule has 1 aliphatic rings. The van der Waals surface area contributed by atoms with Crippen molar-refractivity contribution in [3.63, 3.8) is 0 Å². The van der Waals surface area contributed by atoms with Gasteiger partial charge in [0.15, 0.2) is 0 Å². The molecule has 114 valence electrons. The minimum Gasteiger partial charge on any atom is -0.481 e. The summed E-state index contributed by atoms with van der Waals surface area (Å²) in [4.78, 5) is 34.3. The standard InChI is InChI=1S/C13H22N2O5/c1-12(2,10(17)18)7-9(16)14-11(19)15-13(3)5-4-6-20-8-13/h4-8H2,1-3H3,(H,17,18)(H2,14,15,16,19). The van der Waals surface area contributed by atoms with Crippen LogP contribution in [0, 0.1) is 5.41 Å². The van der Waals surface area contributed by atoms with Gasteiger partial charge in [0, 0.05) is 13.0 Å². The van der Waals surface area contributed by atoms with E-state index in [1.807, 2.05) is 6.92 Å². The van der Waals surface area contributed by atoms with Gasteiger partial charge in [-0.15, -0.1) is 0 Å². The molecule has 0 aromatic carbocycles. The maximum Gasteiger partial charge on any atom is 0.321 e. The highest BCUT2D eigenvalue weighted by molar-refractivity contribution is 5.96. The summed E-state index contributed by atoms with van der Waals surface area (Å²) < 4.78 is 5.30. The zero-order valence-corrected chi connectivity index (χ0v) is 12.1. The molecule has 3 amide bonds. The number of urea groups is 1. The van der Waals surface area contributed by atoms with Crippen LogP contribution in [-0.4, -0.2) is 41.8 Å². The van der Waals surface area contributed by atoms with Crippen molar-refractivity contribution in [3.8, 4) is 0 Å². The van der Waals surface area contributed by atoms with E-state index in [-0.39, 0.29) is 6.42 Å². The first-order valence-electron chi connectivity index (χ1n) is 6.58. The molecule has 0 aromatic heterocycles. The molecule has 1 aliphatic heterocycles. The molecule has 20 heavy (non-hydrogen) atoms. The van der Waals surface area contributed by atoms with Gasteiger partial charge in [-0.1, -0.05) is 0 Å². The number of carboxylic acid groups (broad SMARTS) is 1. The number of carbonyl (C=O) groups is 3. The van der Waals surface area contributed by atoms with Crippen molar-refractivity contribution in [1.82, 2.24) is 10.6 Å². The Hall–Kier alpha value is -1.63. The number of carbonyl (C=O) groups excluding carboxylic acids is 2. The van der Waals surface area contributed by atoms with Crippen LogP contribution < -0.4 is 10.6 Å². The molecule has 7 nitrogen and oxygen atoms in total. The SMILES string of the molecule is CC1(NC(=O)NC(=O)CC(C)(C)C(=O)O)CCCOC1. The number of ether oxygens (including phenoxy) is 1. The van der Waals surface area contributed by atoms with Crippen molar-refractivity contribution < 1.29 is 24.2 Å². The van der Waals surface area contributed by atoms with E-state index in [1.54, 1.807) is 0 Å². The maximum atomic E-state index is 11.7. The second-order valence-electron chi connectivity index (χ2n) is 6.08. The van der Waals surface area contributed by atoms with E-state index >= 15 is 0 Å². The molecule has 0 radical (unpaired) electrons. The normalized spacial score (nSPS) is 22.9.